The number of hydrogen-bond donors (Lipinski definition) is 3. The molecule has 0 heterocycles. The largest absolute Gasteiger partial charge is 0.481 e. The van der Waals surface area contributed by atoms with E-state index in [9.17, 15) is 14.0 Å². The summed E-state index contributed by atoms with van der Waals surface area (Å²) in [6, 6.07) is 6.26. The maximum absolute atomic E-state index is 13.2. The highest BCUT2D eigenvalue weighted by molar-refractivity contribution is 5.75. The fourth-order valence-electron chi connectivity index (χ4n) is 2.70. The van der Waals surface area contributed by atoms with E-state index in [2.05, 4.69) is 10.6 Å². The number of nitrogens with one attached hydrogen (secondary N) is 2. The van der Waals surface area contributed by atoms with Gasteiger partial charge in [0.05, 0.1) is 6.42 Å². The summed E-state index contributed by atoms with van der Waals surface area (Å²) >= 11 is 0. The Kier molecular flexibility index (Phi) is 5.14. The highest BCUT2D eigenvalue weighted by atomic mass is 19.1. The summed E-state index contributed by atoms with van der Waals surface area (Å²) in [5.41, 5.74) is 0.964. The molecule has 0 aromatic heterocycles. The molecule has 21 heavy (non-hydrogen) atoms. The Morgan fingerprint density at radius 3 is 2.86 bits per heavy atom. The minimum absolute atomic E-state index is 0.0445. The number of carboxylic acid groups (broad SMARTS) is 1. The first-order valence-corrected chi connectivity index (χ1v) is 7.06. The molecule has 5 nitrogen and oxygen atoms in total. The molecule has 2 rings (SSSR count). The van der Waals surface area contributed by atoms with Crippen LogP contribution in [0.15, 0.2) is 24.3 Å². The summed E-state index contributed by atoms with van der Waals surface area (Å²) < 4.78 is 13.2. The minimum atomic E-state index is -0.942. The molecule has 1 aliphatic carbocycles. The number of amides is 2. The first kappa shape index (κ1) is 15.3. The summed E-state index contributed by atoms with van der Waals surface area (Å²) in [7, 11) is 0. The lowest BCUT2D eigenvalue weighted by molar-refractivity contribution is -0.136. The molecule has 2 atom stereocenters. The van der Waals surface area contributed by atoms with Gasteiger partial charge >= 0.3 is 12.0 Å². The molecule has 0 aliphatic heterocycles. The van der Waals surface area contributed by atoms with Crippen molar-refractivity contribution in [3.8, 4) is 0 Å². The maximum atomic E-state index is 13.2. The lowest BCUT2D eigenvalue weighted by Crippen LogP contribution is -2.41. The van der Waals surface area contributed by atoms with Crippen LogP contribution in [-0.4, -0.2) is 29.7 Å². The van der Waals surface area contributed by atoms with Crippen LogP contribution in [0.4, 0.5) is 9.18 Å². The van der Waals surface area contributed by atoms with Gasteiger partial charge in [-0.15, -0.1) is 0 Å². The molecule has 1 aromatic carbocycles. The molecule has 0 saturated heterocycles. The Labute approximate surface area is 122 Å². The van der Waals surface area contributed by atoms with Gasteiger partial charge in [0.15, 0.2) is 0 Å². The molecule has 1 saturated carbocycles. The molecule has 114 valence electrons. The van der Waals surface area contributed by atoms with Crippen LogP contribution in [-0.2, 0) is 4.79 Å². The Bertz CT molecular complexity index is 521. The topological polar surface area (TPSA) is 78.4 Å². The first-order chi connectivity index (χ1) is 10.0. The zero-order valence-electron chi connectivity index (χ0n) is 11.6. The van der Waals surface area contributed by atoms with Crippen LogP contribution in [0, 0.1) is 5.82 Å². The Balaban J connectivity index is 1.77. The van der Waals surface area contributed by atoms with E-state index in [0.717, 1.165) is 24.8 Å². The van der Waals surface area contributed by atoms with Crippen molar-refractivity contribution in [1.82, 2.24) is 10.6 Å². The number of rotatable bonds is 5. The third-order valence-electron chi connectivity index (χ3n) is 3.71. The third kappa shape index (κ3) is 4.73. The van der Waals surface area contributed by atoms with Crippen LogP contribution < -0.4 is 10.6 Å². The number of carbonyl (C=O) groups is 2. The number of urea groups is 1. The Hall–Kier alpha value is -2.11. The second-order valence-electron chi connectivity index (χ2n) is 5.31. The van der Waals surface area contributed by atoms with E-state index in [-0.39, 0.29) is 36.8 Å². The van der Waals surface area contributed by atoms with Gasteiger partial charge in [-0.1, -0.05) is 12.1 Å². The summed E-state index contributed by atoms with van der Waals surface area (Å²) in [6.45, 7) is 0.112. The molecule has 0 spiro atoms. The van der Waals surface area contributed by atoms with Gasteiger partial charge in [-0.3, -0.25) is 4.79 Å². The first-order valence-electron chi connectivity index (χ1n) is 7.06. The van der Waals surface area contributed by atoms with Gasteiger partial charge in [-0.2, -0.15) is 0 Å². The quantitative estimate of drug-likeness (QED) is 0.779. The van der Waals surface area contributed by atoms with Gasteiger partial charge in [0.2, 0.25) is 0 Å². The summed E-state index contributed by atoms with van der Waals surface area (Å²) in [5.74, 6) is -0.928. The van der Waals surface area contributed by atoms with Gasteiger partial charge in [0, 0.05) is 12.6 Å². The summed E-state index contributed by atoms with van der Waals surface area (Å²) in [5, 5.41) is 13.8. The van der Waals surface area contributed by atoms with E-state index in [4.69, 9.17) is 5.11 Å². The van der Waals surface area contributed by atoms with Crippen molar-refractivity contribution in [3.05, 3.63) is 35.6 Å². The summed E-state index contributed by atoms with van der Waals surface area (Å²) in [6.07, 6.45) is 2.43. The van der Waals surface area contributed by atoms with Crippen LogP contribution >= 0.6 is 0 Å². The monoisotopic (exact) mass is 294 g/mol. The predicted octanol–water partition coefficient (Wildman–Crippen LogP) is 2.24. The summed E-state index contributed by atoms with van der Waals surface area (Å²) in [4.78, 5) is 22.0. The minimum Gasteiger partial charge on any atom is -0.481 e. The van der Waals surface area contributed by atoms with Gasteiger partial charge in [-0.05, 0) is 42.9 Å². The van der Waals surface area contributed by atoms with E-state index in [1.54, 1.807) is 12.1 Å². The van der Waals surface area contributed by atoms with E-state index in [1.165, 1.54) is 6.07 Å². The van der Waals surface area contributed by atoms with Crippen LogP contribution in [0.1, 0.15) is 37.2 Å². The second kappa shape index (κ2) is 7.06. The van der Waals surface area contributed by atoms with Crippen LogP contribution in [0.2, 0.25) is 0 Å². The van der Waals surface area contributed by atoms with Crippen LogP contribution in [0.3, 0.4) is 0 Å². The van der Waals surface area contributed by atoms with Crippen LogP contribution in [0.5, 0.6) is 0 Å². The van der Waals surface area contributed by atoms with E-state index >= 15 is 0 Å². The Morgan fingerprint density at radius 2 is 2.14 bits per heavy atom. The van der Waals surface area contributed by atoms with Gasteiger partial charge in [-0.25, -0.2) is 9.18 Å². The molecule has 3 N–H and O–H groups in total. The fourth-order valence-corrected chi connectivity index (χ4v) is 2.70. The molecular weight excluding hydrogens is 275 g/mol. The van der Waals surface area contributed by atoms with Gasteiger partial charge in [0.25, 0.3) is 0 Å². The number of benzene rings is 1. The van der Waals surface area contributed by atoms with Crippen molar-refractivity contribution >= 4 is 12.0 Å². The van der Waals surface area contributed by atoms with Crippen molar-refractivity contribution < 1.29 is 19.1 Å². The molecule has 0 radical (unpaired) electrons. The molecular formula is C15H19FN2O3. The van der Waals surface area contributed by atoms with Crippen molar-refractivity contribution in [2.75, 3.05) is 6.54 Å². The van der Waals surface area contributed by atoms with Crippen molar-refractivity contribution in [2.45, 2.75) is 37.6 Å². The average Bonchev–Trinajstić information content (AvgIpc) is 2.86. The molecule has 1 aliphatic rings. The van der Waals surface area contributed by atoms with Crippen molar-refractivity contribution in [2.24, 2.45) is 0 Å². The predicted molar refractivity (Wildman–Crippen MR) is 75.6 cm³/mol. The molecule has 2 amide bonds. The Morgan fingerprint density at radius 1 is 1.33 bits per heavy atom. The van der Waals surface area contributed by atoms with Crippen molar-refractivity contribution in [1.29, 1.82) is 0 Å². The number of hydrogen-bond acceptors (Lipinski definition) is 2. The normalized spacial score (nSPS) is 21.0. The standard InChI is InChI=1S/C15H19FN2O3/c16-12-3-1-2-10(8-12)11-4-5-13(9-11)18-15(21)17-7-6-14(19)20/h1-3,8,11,13H,4-7,9H2,(H,19,20)(H2,17,18,21). The second-order valence-corrected chi connectivity index (χ2v) is 5.31. The van der Waals surface area contributed by atoms with E-state index in [1.807, 2.05) is 6.07 Å². The molecule has 2 unspecified atom stereocenters. The van der Waals surface area contributed by atoms with E-state index < -0.39 is 5.97 Å². The maximum Gasteiger partial charge on any atom is 0.315 e. The fraction of sp³-hybridized carbons (Fsp3) is 0.467. The lowest BCUT2D eigenvalue weighted by atomic mass is 9.97. The zero-order valence-corrected chi connectivity index (χ0v) is 11.6. The van der Waals surface area contributed by atoms with Gasteiger partial charge < -0.3 is 15.7 Å². The number of carbonyl (C=O) groups excluding carboxylic acids is 1. The van der Waals surface area contributed by atoms with Gasteiger partial charge in [0.1, 0.15) is 5.82 Å². The number of aliphatic carboxylic acids is 1. The average molecular weight is 294 g/mol. The van der Waals surface area contributed by atoms with E-state index in [0.29, 0.717) is 0 Å². The smallest absolute Gasteiger partial charge is 0.315 e. The molecule has 6 heteroatoms. The number of halogens is 1. The lowest BCUT2D eigenvalue weighted by Gasteiger charge is -2.14. The number of carboxylic acids is 1. The molecule has 0 bridgehead atoms. The highest BCUT2D eigenvalue weighted by Crippen LogP contribution is 2.34. The third-order valence-corrected chi connectivity index (χ3v) is 3.71. The SMILES string of the molecule is O=C(O)CCNC(=O)NC1CCC(c2cccc(F)c2)C1. The molecule has 1 fully saturated rings. The van der Waals surface area contributed by atoms with Crippen LogP contribution in [0.25, 0.3) is 0 Å². The van der Waals surface area contributed by atoms with Crippen molar-refractivity contribution in [3.63, 3.8) is 0 Å². The zero-order chi connectivity index (χ0) is 15.2. The molecule has 1 aromatic rings. The highest BCUT2D eigenvalue weighted by Gasteiger charge is 2.27.